The summed E-state index contributed by atoms with van der Waals surface area (Å²) in [6.07, 6.45) is 5.19. The molecule has 0 aliphatic heterocycles. The van der Waals surface area contributed by atoms with Crippen molar-refractivity contribution in [1.82, 2.24) is 29.5 Å². The van der Waals surface area contributed by atoms with Crippen LogP contribution in [0.5, 0.6) is 0 Å². The molecule has 0 radical (unpaired) electrons. The Labute approximate surface area is 156 Å². The van der Waals surface area contributed by atoms with Crippen molar-refractivity contribution in [3.05, 3.63) is 83.3 Å². The predicted molar refractivity (Wildman–Crippen MR) is 101 cm³/mol. The van der Waals surface area contributed by atoms with Gasteiger partial charge in [-0.05, 0) is 19.4 Å². The van der Waals surface area contributed by atoms with Crippen molar-refractivity contribution >= 4 is 11.6 Å². The van der Waals surface area contributed by atoms with Crippen LogP contribution in [0.1, 0.15) is 39.2 Å². The third kappa shape index (κ3) is 3.08. The highest BCUT2D eigenvalue weighted by Crippen LogP contribution is 2.21. The fourth-order valence-corrected chi connectivity index (χ4v) is 3.19. The van der Waals surface area contributed by atoms with Crippen LogP contribution in [0.4, 0.5) is 0 Å². The van der Waals surface area contributed by atoms with Gasteiger partial charge in [0, 0.05) is 31.7 Å². The zero-order valence-electron chi connectivity index (χ0n) is 15.4. The highest BCUT2D eigenvalue weighted by Gasteiger charge is 2.23. The molecule has 1 N–H and O–H groups in total. The Morgan fingerprint density at radius 2 is 1.93 bits per heavy atom. The Kier molecular flexibility index (Phi) is 4.19. The molecule has 7 nitrogen and oxygen atoms in total. The Bertz CT molecular complexity index is 1110. The van der Waals surface area contributed by atoms with Gasteiger partial charge in [0.2, 0.25) is 0 Å². The molecule has 0 aliphatic rings. The topological polar surface area (TPSA) is 77.1 Å². The predicted octanol–water partition coefficient (Wildman–Crippen LogP) is 2.60. The van der Waals surface area contributed by atoms with E-state index in [1.54, 1.807) is 16.9 Å². The van der Waals surface area contributed by atoms with Crippen molar-refractivity contribution in [3.63, 3.8) is 0 Å². The average Bonchev–Trinajstić information content (AvgIpc) is 3.26. The van der Waals surface area contributed by atoms with E-state index in [2.05, 4.69) is 20.4 Å². The van der Waals surface area contributed by atoms with E-state index >= 15 is 0 Å². The van der Waals surface area contributed by atoms with Crippen LogP contribution in [0, 0.1) is 13.8 Å². The summed E-state index contributed by atoms with van der Waals surface area (Å²) in [5, 5.41) is 7.52. The molecule has 3 aromatic heterocycles. The molecule has 0 aliphatic carbocycles. The molecule has 0 saturated heterocycles. The minimum atomic E-state index is -0.367. The third-order valence-corrected chi connectivity index (χ3v) is 4.62. The number of carbonyl (C=O) groups excluding carboxylic acids is 1. The van der Waals surface area contributed by atoms with E-state index in [0.29, 0.717) is 5.56 Å². The third-order valence-electron chi connectivity index (χ3n) is 4.62. The summed E-state index contributed by atoms with van der Waals surface area (Å²) >= 11 is 0. The number of imidazole rings is 1. The maximum absolute atomic E-state index is 13.1. The number of aromatic nitrogens is 5. The Hall–Kier alpha value is -3.48. The van der Waals surface area contributed by atoms with Gasteiger partial charge in [0.15, 0.2) is 5.65 Å². The van der Waals surface area contributed by atoms with Crippen LogP contribution in [0.15, 0.2) is 55.0 Å². The molecule has 136 valence electrons. The first kappa shape index (κ1) is 17.0. The number of hydrogen-bond acceptors (Lipinski definition) is 4. The van der Waals surface area contributed by atoms with Crippen LogP contribution < -0.4 is 5.32 Å². The van der Waals surface area contributed by atoms with Crippen LogP contribution in [0.3, 0.4) is 0 Å². The van der Waals surface area contributed by atoms with Crippen molar-refractivity contribution in [3.8, 4) is 0 Å². The van der Waals surface area contributed by atoms with Gasteiger partial charge in [0.1, 0.15) is 11.9 Å². The molecule has 1 atom stereocenters. The van der Waals surface area contributed by atoms with Crippen molar-refractivity contribution in [1.29, 1.82) is 0 Å². The molecular formula is C20H20N6O. The number of nitrogens with one attached hydrogen (secondary N) is 1. The van der Waals surface area contributed by atoms with E-state index < -0.39 is 0 Å². The quantitative estimate of drug-likeness (QED) is 0.607. The fraction of sp³-hybridized carbons (Fsp3) is 0.200. The summed E-state index contributed by atoms with van der Waals surface area (Å²) in [7, 11) is 1.91. The molecule has 1 aromatic carbocycles. The summed E-state index contributed by atoms with van der Waals surface area (Å²) in [6, 6.07) is 11.3. The van der Waals surface area contributed by atoms with Gasteiger partial charge in [-0.3, -0.25) is 4.79 Å². The van der Waals surface area contributed by atoms with Crippen molar-refractivity contribution < 1.29 is 4.79 Å². The summed E-state index contributed by atoms with van der Waals surface area (Å²) in [4.78, 5) is 21.9. The van der Waals surface area contributed by atoms with Crippen LogP contribution in [-0.4, -0.2) is 30.1 Å². The lowest BCUT2D eigenvalue weighted by molar-refractivity contribution is 0.0939. The molecule has 27 heavy (non-hydrogen) atoms. The number of rotatable bonds is 4. The average molecular weight is 360 g/mol. The van der Waals surface area contributed by atoms with E-state index in [1.807, 2.05) is 68.1 Å². The Morgan fingerprint density at radius 3 is 2.63 bits per heavy atom. The van der Waals surface area contributed by atoms with E-state index in [1.165, 1.54) is 0 Å². The standard InChI is InChI=1S/C20H20N6O/c1-13-11-17-22-12-16(14(2)26(17)24-13)20(27)23-18(15-7-5-4-6-8-15)19-21-9-10-25(19)3/h4-12,18H,1-3H3,(H,23,27). The molecule has 0 spiro atoms. The van der Waals surface area contributed by atoms with Gasteiger partial charge in [-0.25, -0.2) is 14.5 Å². The maximum Gasteiger partial charge on any atom is 0.255 e. The summed E-state index contributed by atoms with van der Waals surface area (Å²) in [6.45, 7) is 3.77. The first-order valence-corrected chi connectivity index (χ1v) is 8.69. The summed E-state index contributed by atoms with van der Waals surface area (Å²) < 4.78 is 3.60. The van der Waals surface area contributed by atoms with Crippen LogP contribution in [0.25, 0.3) is 5.65 Å². The second-order valence-electron chi connectivity index (χ2n) is 6.53. The monoisotopic (exact) mass is 360 g/mol. The number of fused-ring (bicyclic) bond motifs is 1. The highest BCUT2D eigenvalue weighted by atomic mass is 16.1. The molecule has 4 rings (SSSR count). The van der Waals surface area contributed by atoms with Crippen LogP contribution >= 0.6 is 0 Å². The minimum absolute atomic E-state index is 0.216. The van der Waals surface area contributed by atoms with Crippen molar-refractivity contribution in [2.75, 3.05) is 0 Å². The molecule has 4 aromatic rings. The highest BCUT2D eigenvalue weighted by molar-refractivity contribution is 5.95. The van der Waals surface area contributed by atoms with Gasteiger partial charge < -0.3 is 9.88 Å². The smallest absolute Gasteiger partial charge is 0.255 e. The van der Waals surface area contributed by atoms with Crippen LogP contribution in [-0.2, 0) is 7.05 Å². The number of hydrogen-bond donors (Lipinski definition) is 1. The first-order valence-electron chi connectivity index (χ1n) is 8.69. The number of nitrogens with zero attached hydrogens (tertiary/aromatic N) is 5. The Morgan fingerprint density at radius 1 is 1.15 bits per heavy atom. The summed E-state index contributed by atoms with van der Waals surface area (Å²) in [5.41, 5.74) is 3.78. The van der Waals surface area contributed by atoms with E-state index in [0.717, 1.165) is 28.4 Å². The van der Waals surface area contributed by atoms with E-state index in [-0.39, 0.29) is 11.9 Å². The zero-order chi connectivity index (χ0) is 19.0. The number of carbonyl (C=O) groups is 1. The van der Waals surface area contributed by atoms with Gasteiger partial charge in [-0.2, -0.15) is 5.10 Å². The molecule has 3 heterocycles. The number of aryl methyl sites for hydroxylation is 3. The largest absolute Gasteiger partial charge is 0.338 e. The van der Waals surface area contributed by atoms with Crippen molar-refractivity contribution in [2.24, 2.45) is 7.05 Å². The lowest BCUT2D eigenvalue weighted by Crippen LogP contribution is -2.32. The molecular weight excluding hydrogens is 340 g/mol. The SMILES string of the molecule is Cc1cc2ncc(C(=O)NC(c3ccccc3)c3nccn3C)c(C)n2n1. The van der Waals surface area contributed by atoms with Gasteiger partial charge in [-0.1, -0.05) is 30.3 Å². The van der Waals surface area contributed by atoms with Crippen LogP contribution in [0.2, 0.25) is 0 Å². The Balaban J connectivity index is 1.72. The number of benzene rings is 1. The molecule has 0 bridgehead atoms. The first-order chi connectivity index (χ1) is 13.0. The van der Waals surface area contributed by atoms with E-state index in [9.17, 15) is 4.79 Å². The van der Waals surface area contributed by atoms with Gasteiger partial charge in [0.25, 0.3) is 5.91 Å². The normalized spacial score (nSPS) is 12.3. The maximum atomic E-state index is 13.1. The van der Waals surface area contributed by atoms with Gasteiger partial charge in [-0.15, -0.1) is 0 Å². The zero-order valence-corrected chi connectivity index (χ0v) is 15.4. The second-order valence-corrected chi connectivity index (χ2v) is 6.53. The lowest BCUT2D eigenvalue weighted by atomic mass is 10.1. The number of amides is 1. The summed E-state index contributed by atoms with van der Waals surface area (Å²) in [5.74, 6) is 0.545. The molecule has 0 saturated carbocycles. The lowest BCUT2D eigenvalue weighted by Gasteiger charge is -2.19. The van der Waals surface area contributed by atoms with Crippen molar-refractivity contribution in [2.45, 2.75) is 19.9 Å². The molecule has 1 amide bonds. The van der Waals surface area contributed by atoms with Gasteiger partial charge >= 0.3 is 0 Å². The second kappa shape index (κ2) is 6.68. The van der Waals surface area contributed by atoms with Gasteiger partial charge in [0.05, 0.1) is 17.0 Å². The minimum Gasteiger partial charge on any atom is -0.338 e. The molecule has 0 fully saturated rings. The molecule has 1 unspecified atom stereocenters. The van der Waals surface area contributed by atoms with E-state index in [4.69, 9.17) is 0 Å². The molecule has 7 heteroatoms. The fourth-order valence-electron chi connectivity index (χ4n) is 3.19.